The first-order valence-electron chi connectivity index (χ1n) is 8.29. The molecule has 2 aromatic carbocycles. The molecule has 0 unspecified atom stereocenters. The molecule has 1 heterocycles. The number of nitrogens with one attached hydrogen (secondary N) is 2. The number of rotatable bonds is 5. The molecule has 2 amide bonds. The minimum Gasteiger partial charge on any atom is -0.322 e. The highest BCUT2D eigenvalue weighted by Crippen LogP contribution is 2.20. The fraction of sp³-hybridized carbons (Fsp3) is 0.100. The Hall–Kier alpha value is -3.74. The summed E-state index contributed by atoms with van der Waals surface area (Å²) in [6, 6.07) is 14.1. The maximum absolute atomic E-state index is 12.5. The van der Waals surface area contributed by atoms with E-state index in [-0.39, 0.29) is 11.8 Å². The second-order valence-corrected chi connectivity index (χ2v) is 5.93. The van der Waals surface area contributed by atoms with Gasteiger partial charge in [0, 0.05) is 29.5 Å². The lowest BCUT2D eigenvalue weighted by Crippen LogP contribution is -2.23. The molecule has 136 valence electrons. The van der Waals surface area contributed by atoms with Gasteiger partial charge in [0.15, 0.2) is 5.82 Å². The van der Waals surface area contributed by atoms with Crippen LogP contribution in [0.15, 0.2) is 61.2 Å². The maximum Gasteiger partial charge on any atom is 0.255 e. The summed E-state index contributed by atoms with van der Waals surface area (Å²) in [5.41, 5.74) is 2.61. The van der Waals surface area contributed by atoms with Crippen molar-refractivity contribution in [3.63, 3.8) is 0 Å². The lowest BCUT2D eigenvalue weighted by atomic mass is 10.1. The van der Waals surface area contributed by atoms with Gasteiger partial charge in [-0.05, 0) is 49.4 Å². The number of nitrogens with zero attached hydrogens (tertiary/aromatic N) is 3. The lowest BCUT2D eigenvalue weighted by molar-refractivity contribution is -0.113. The third kappa shape index (κ3) is 4.09. The minimum absolute atomic E-state index is 0.216. The van der Waals surface area contributed by atoms with Crippen LogP contribution >= 0.6 is 0 Å². The van der Waals surface area contributed by atoms with E-state index in [4.69, 9.17) is 0 Å². The summed E-state index contributed by atoms with van der Waals surface area (Å²) in [6.07, 6.45) is 1.24. The van der Waals surface area contributed by atoms with Crippen LogP contribution in [0.2, 0.25) is 0 Å². The Kier molecular flexibility index (Phi) is 5.12. The molecule has 0 atom stereocenters. The number of anilines is 2. The minimum atomic E-state index is -0.248. The molecule has 0 aliphatic carbocycles. The van der Waals surface area contributed by atoms with Crippen LogP contribution in [0.25, 0.3) is 11.4 Å². The third-order valence-corrected chi connectivity index (χ3v) is 4.00. The standard InChI is InChI=1S/C20H19N5O2/c1-4-18(26)25(3)17-10-8-14(9-11-17)20(27)22-16-7-5-6-15(12-16)19-21-13(2)23-24-19/h4-12H,1H2,2-3H3,(H,22,27)(H,21,23,24). The topological polar surface area (TPSA) is 91.0 Å². The number of carbonyl (C=O) groups is 2. The van der Waals surface area contributed by atoms with Gasteiger partial charge in [-0.1, -0.05) is 18.7 Å². The van der Waals surface area contributed by atoms with Crippen LogP contribution in [0, 0.1) is 6.92 Å². The maximum atomic E-state index is 12.5. The van der Waals surface area contributed by atoms with Gasteiger partial charge in [-0.3, -0.25) is 14.7 Å². The zero-order valence-corrected chi connectivity index (χ0v) is 15.1. The van der Waals surface area contributed by atoms with Gasteiger partial charge in [0.05, 0.1) is 0 Å². The van der Waals surface area contributed by atoms with Crippen molar-refractivity contribution < 1.29 is 9.59 Å². The van der Waals surface area contributed by atoms with Gasteiger partial charge in [-0.15, -0.1) is 0 Å². The van der Waals surface area contributed by atoms with Crippen molar-refractivity contribution in [2.45, 2.75) is 6.92 Å². The molecule has 0 radical (unpaired) electrons. The number of benzene rings is 2. The Balaban J connectivity index is 1.74. The summed E-state index contributed by atoms with van der Waals surface area (Å²) in [6.45, 7) is 5.29. The molecule has 27 heavy (non-hydrogen) atoms. The summed E-state index contributed by atoms with van der Waals surface area (Å²) in [5, 5.41) is 9.78. The average molecular weight is 361 g/mol. The molecule has 0 spiro atoms. The van der Waals surface area contributed by atoms with Crippen molar-refractivity contribution in [1.82, 2.24) is 15.2 Å². The van der Waals surface area contributed by atoms with Crippen LogP contribution in [-0.4, -0.2) is 34.0 Å². The molecule has 1 aromatic heterocycles. The number of aryl methyl sites for hydroxylation is 1. The van der Waals surface area contributed by atoms with Crippen molar-refractivity contribution >= 4 is 23.2 Å². The van der Waals surface area contributed by atoms with Crippen LogP contribution in [0.3, 0.4) is 0 Å². The number of hydrogen-bond acceptors (Lipinski definition) is 4. The number of aromatic amines is 1. The number of aromatic nitrogens is 3. The van der Waals surface area contributed by atoms with Gasteiger partial charge in [0.1, 0.15) is 5.82 Å². The zero-order chi connectivity index (χ0) is 19.4. The van der Waals surface area contributed by atoms with Crippen LogP contribution in [0.1, 0.15) is 16.2 Å². The van der Waals surface area contributed by atoms with E-state index >= 15 is 0 Å². The van der Waals surface area contributed by atoms with E-state index < -0.39 is 0 Å². The number of H-pyrrole nitrogens is 1. The van der Waals surface area contributed by atoms with E-state index in [1.807, 2.05) is 25.1 Å². The SMILES string of the molecule is C=CC(=O)N(C)c1ccc(C(=O)Nc2cccc(-c3n[nH]c(C)n3)c2)cc1. The molecule has 0 saturated carbocycles. The number of amides is 2. The predicted octanol–water partition coefficient (Wildman–Crippen LogP) is 3.18. The Bertz CT molecular complexity index is 992. The number of carbonyl (C=O) groups excluding carboxylic acids is 2. The highest BCUT2D eigenvalue weighted by atomic mass is 16.2. The average Bonchev–Trinajstić information content (AvgIpc) is 3.13. The van der Waals surface area contributed by atoms with Crippen molar-refractivity contribution in [3.05, 3.63) is 72.6 Å². The van der Waals surface area contributed by atoms with E-state index in [9.17, 15) is 9.59 Å². The van der Waals surface area contributed by atoms with Crippen molar-refractivity contribution in [3.8, 4) is 11.4 Å². The molecule has 0 aliphatic heterocycles. The monoisotopic (exact) mass is 361 g/mol. The molecule has 3 rings (SSSR count). The van der Waals surface area contributed by atoms with Gasteiger partial charge < -0.3 is 10.2 Å². The molecule has 0 bridgehead atoms. The van der Waals surface area contributed by atoms with Crippen LogP contribution in [-0.2, 0) is 4.79 Å². The van der Waals surface area contributed by atoms with E-state index in [0.717, 1.165) is 11.4 Å². The van der Waals surface area contributed by atoms with Crippen LogP contribution < -0.4 is 10.2 Å². The molecule has 0 fully saturated rings. The third-order valence-electron chi connectivity index (χ3n) is 4.00. The fourth-order valence-electron chi connectivity index (χ4n) is 2.51. The Morgan fingerprint density at radius 1 is 1.19 bits per heavy atom. The zero-order valence-electron chi connectivity index (χ0n) is 15.1. The van der Waals surface area contributed by atoms with E-state index in [1.54, 1.807) is 37.4 Å². The number of likely N-dealkylation sites (N-methyl/N-ethyl adjacent to an activating group) is 1. The molecule has 0 aliphatic rings. The van der Waals surface area contributed by atoms with Crippen LogP contribution in [0.5, 0.6) is 0 Å². The first kappa shape index (κ1) is 18.1. The van der Waals surface area contributed by atoms with Gasteiger partial charge >= 0.3 is 0 Å². The fourth-order valence-corrected chi connectivity index (χ4v) is 2.51. The molecule has 7 heteroatoms. The second kappa shape index (κ2) is 7.65. The highest BCUT2D eigenvalue weighted by Gasteiger charge is 2.11. The highest BCUT2D eigenvalue weighted by molar-refractivity contribution is 6.05. The molecular weight excluding hydrogens is 342 g/mol. The molecule has 3 aromatic rings. The first-order chi connectivity index (χ1) is 13.0. The van der Waals surface area contributed by atoms with Crippen molar-refractivity contribution in [2.24, 2.45) is 0 Å². The van der Waals surface area contributed by atoms with E-state index in [1.165, 1.54) is 11.0 Å². The summed E-state index contributed by atoms with van der Waals surface area (Å²) >= 11 is 0. The Morgan fingerprint density at radius 2 is 1.93 bits per heavy atom. The van der Waals surface area contributed by atoms with E-state index in [2.05, 4.69) is 27.1 Å². The second-order valence-electron chi connectivity index (χ2n) is 5.93. The first-order valence-corrected chi connectivity index (χ1v) is 8.29. The van der Waals surface area contributed by atoms with Crippen molar-refractivity contribution in [2.75, 3.05) is 17.3 Å². The summed E-state index contributed by atoms with van der Waals surface area (Å²) in [5.74, 6) is 0.830. The molecule has 2 N–H and O–H groups in total. The largest absolute Gasteiger partial charge is 0.322 e. The van der Waals surface area contributed by atoms with Gasteiger partial charge in [-0.2, -0.15) is 5.10 Å². The summed E-state index contributed by atoms with van der Waals surface area (Å²) in [7, 11) is 1.65. The number of hydrogen-bond donors (Lipinski definition) is 2. The molecule has 0 saturated heterocycles. The predicted molar refractivity (Wildman–Crippen MR) is 105 cm³/mol. The normalized spacial score (nSPS) is 10.3. The van der Waals surface area contributed by atoms with Gasteiger partial charge in [-0.25, -0.2) is 4.98 Å². The molecular formula is C20H19N5O2. The van der Waals surface area contributed by atoms with Crippen molar-refractivity contribution in [1.29, 1.82) is 0 Å². The summed E-state index contributed by atoms with van der Waals surface area (Å²) < 4.78 is 0. The van der Waals surface area contributed by atoms with Gasteiger partial charge in [0.25, 0.3) is 5.91 Å². The molecule has 7 nitrogen and oxygen atoms in total. The Morgan fingerprint density at radius 3 is 2.56 bits per heavy atom. The summed E-state index contributed by atoms with van der Waals surface area (Å²) in [4.78, 5) is 29.9. The van der Waals surface area contributed by atoms with Crippen LogP contribution in [0.4, 0.5) is 11.4 Å². The smallest absolute Gasteiger partial charge is 0.255 e. The van der Waals surface area contributed by atoms with Gasteiger partial charge in [0.2, 0.25) is 5.91 Å². The Labute approximate surface area is 156 Å². The lowest BCUT2D eigenvalue weighted by Gasteiger charge is -2.15. The van der Waals surface area contributed by atoms with E-state index in [0.29, 0.717) is 22.8 Å². The quantitative estimate of drug-likeness (QED) is 0.683.